The molecule has 1 aromatic carbocycles. The van der Waals surface area contributed by atoms with E-state index in [0.29, 0.717) is 11.3 Å². The SMILES string of the molecule is COc1cc(NC(=O)c2cnn(C)c2)ccc1C(=O)O. The number of methoxy groups -OCH3 is 1. The summed E-state index contributed by atoms with van der Waals surface area (Å²) in [6.07, 6.45) is 3.02. The zero-order chi connectivity index (χ0) is 14.7. The van der Waals surface area contributed by atoms with Crippen molar-refractivity contribution in [3.63, 3.8) is 0 Å². The highest BCUT2D eigenvalue weighted by atomic mass is 16.5. The molecule has 0 saturated carbocycles. The van der Waals surface area contributed by atoms with Gasteiger partial charge in [0.05, 0.1) is 18.9 Å². The maximum atomic E-state index is 11.9. The summed E-state index contributed by atoms with van der Waals surface area (Å²) in [7, 11) is 3.08. The van der Waals surface area contributed by atoms with E-state index in [0.717, 1.165) is 0 Å². The molecule has 7 heteroatoms. The second-order valence-electron chi connectivity index (χ2n) is 4.08. The smallest absolute Gasteiger partial charge is 0.339 e. The maximum absolute atomic E-state index is 11.9. The summed E-state index contributed by atoms with van der Waals surface area (Å²) in [5.74, 6) is -1.24. The van der Waals surface area contributed by atoms with Crippen molar-refractivity contribution in [2.75, 3.05) is 12.4 Å². The van der Waals surface area contributed by atoms with Crippen LogP contribution in [0.1, 0.15) is 20.7 Å². The van der Waals surface area contributed by atoms with Crippen LogP contribution in [0.3, 0.4) is 0 Å². The molecular formula is C13H13N3O4. The van der Waals surface area contributed by atoms with Crippen molar-refractivity contribution >= 4 is 17.6 Å². The molecule has 0 aliphatic carbocycles. The van der Waals surface area contributed by atoms with Crippen molar-refractivity contribution in [1.29, 1.82) is 0 Å². The van der Waals surface area contributed by atoms with Gasteiger partial charge in [-0.15, -0.1) is 0 Å². The van der Waals surface area contributed by atoms with E-state index in [1.807, 2.05) is 0 Å². The van der Waals surface area contributed by atoms with Crippen LogP contribution in [0.4, 0.5) is 5.69 Å². The largest absolute Gasteiger partial charge is 0.496 e. The minimum atomic E-state index is -1.09. The molecule has 2 aromatic rings. The number of carbonyl (C=O) groups is 2. The molecule has 1 heterocycles. The molecule has 0 fully saturated rings. The lowest BCUT2D eigenvalue weighted by Crippen LogP contribution is -2.11. The standard InChI is InChI=1S/C13H13N3O4/c1-16-7-8(6-14-16)12(17)15-9-3-4-10(13(18)19)11(5-9)20-2/h3-7H,1-2H3,(H,15,17)(H,18,19). The Morgan fingerprint density at radius 1 is 1.40 bits per heavy atom. The van der Waals surface area contributed by atoms with E-state index in [-0.39, 0.29) is 17.2 Å². The molecule has 0 bridgehead atoms. The fourth-order valence-electron chi connectivity index (χ4n) is 1.69. The van der Waals surface area contributed by atoms with E-state index >= 15 is 0 Å². The molecule has 20 heavy (non-hydrogen) atoms. The predicted octanol–water partition coefficient (Wildman–Crippen LogP) is 1.38. The van der Waals surface area contributed by atoms with E-state index in [9.17, 15) is 9.59 Å². The number of carbonyl (C=O) groups excluding carboxylic acids is 1. The monoisotopic (exact) mass is 275 g/mol. The fraction of sp³-hybridized carbons (Fsp3) is 0.154. The van der Waals surface area contributed by atoms with Crippen LogP contribution in [0.15, 0.2) is 30.6 Å². The molecule has 104 valence electrons. The van der Waals surface area contributed by atoms with Crippen molar-refractivity contribution in [1.82, 2.24) is 9.78 Å². The van der Waals surface area contributed by atoms with Crippen LogP contribution >= 0.6 is 0 Å². The third-order valence-electron chi connectivity index (χ3n) is 2.66. The Hall–Kier alpha value is -2.83. The van der Waals surface area contributed by atoms with Gasteiger partial charge in [0.1, 0.15) is 11.3 Å². The van der Waals surface area contributed by atoms with Gasteiger partial charge < -0.3 is 15.2 Å². The number of carboxylic acid groups (broad SMARTS) is 1. The second kappa shape index (κ2) is 5.43. The van der Waals surface area contributed by atoms with Crippen molar-refractivity contribution in [2.24, 2.45) is 7.05 Å². The Morgan fingerprint density at radius 2 is 2.15 bits per heavy atom. The third kappa shape index (κ3) is 2.77. The number of anilines is 1. The lowest BCUT2D eigenvalue weighted by atomic mass is 10.1. The lowest BCUT2D eigenvalue weighted by molar-refractivity contribution is 0.0693. The number of nitrogens with one attached hydrogen (secondary N) is 1. The highest BCUT2D eigenvalue weighted by Crippen LogP contribution is 2.23. The average molecular weight is 275 g/mol. The van der Waals surface area contributed by atoms with E-state index < -0.39 is 5.97 Å². The number of amides is 1. The summed E-state index contributed by atoms with van der Waals surface area (Å²) in [6, 6.07) is 4.33. The molecular weight excluding hydrogens is 262 g/mol. The first-order valence-corrected chi connectivity index (χ1v) is 5.72. The summed E-state index contributed by atoms with van der Waals surface area (Å²) < 4.78 is 6.51. The first-order valence-electron chi connectivity index (χ1n) is 5.72. The van der Waals surface area contributed by atoms with E-state index in [1.165, 1.54) is 36.2 Å². The topological polar surface area (TPSA) is 93.5 Å². The maximum Gasteiger partial charge on any atom is 0.339 e. The van der Waals surface area contributed by atoms with Gasteiger partial charge in [0, 0.05) is 25.0 Å². The lowest BCUT2D eigenvalue weighted by Gasteiger charge is -2.08. The summed E-state index contributed by atoms with van der Waals surface area (Å²) >= 11 is 0. The van der Waals surface area contributed by atoms with Gasteiger partial charge in [0.2, 0.25) is 0 Å². The molecule has 0 saturated heterocycles. The van der Waals surface area contributed by atoms with Gasteiger partial charge in [-0.1, -0.05) is 0 Å². The molecule has 0 radical (unpaired) electrons. The summed E-state index contributed by atoms with van der Waals surface area (Å²) in [5, 5.41) is 15.5. The van der Waals surface area contributed by atoms with Crippen molar-refractivity contribution in [3.05, 3.63) is 41.7 Å². The van der Waals surface area contributed by atoms with Gasteiger partial charge in [0.15, 0.2) is 0 Å². The molecule has 2 N–H and O–H groups in total. The normalized spacial score (nSPS) is 10.1. The van der Waals surface area contributed by atoms with Crippen LogP contribution in [0.25, 0.3) is 0 Å². The summed E-state index contributed by atoms with van der Waals surface area (Å²) in [5.41, 5.74) is 0.890. The first kappa shape index (κ1) is 13.6. The number of hydrogen-bond acceptors (Lipinski definition) is 4. The number of carboxylic acids is 1. The van der Waals surface area contributed by atoms with Crippen LogP contribution in [0, 0.1) is 0 Å². The van der Waals surface area contributed by atoms with E-state index in [1.54, 1.807) is 13.2 Å². The zero-order valence-corrected chi connectivity index (χ0v) is 11.0. The molecule has 0 atom stereocenters. The van der Waals surface area contributed by atoms with Gasteiger partial charge in [-0.2, -0.15) is 5.10 Å². The van der Waals surface area contributed by atoms with Crippen molar-refractivity contribution in [3.8, 4) is 5.75 Å². The van der Waals surface area contributed by atoms with Crippen LogP contribution < -0.4 is 10.1 Å². The van der Waals surface area contributed by atoms with Crippen LogP contribution in [-0.2, 0) is 7.05 Å². The fourth-order valence-corrected chi connectivity index (χ4v) is 1.69. The molecule has 0 unspecified atom stereocenters. The Bertz CT molecular complexity index is 663. The summed E-state index contributed by atoms with van der Waals surface area (Å²) in [4.78, 5) is 22.9. The van der Waals surface area contributed by atoms with Gasteiger partial charge in [0.25, 0.3) is 5.91 Å². The third-order valence-corrected chi connectivity index (χ3v) is 2.66. The number of hydrogen-bond donors (Lipinski definition) is 2. The van der Waals surface area contributed by atoms with Crippen LogP contribution in [-0.4, -0.2) is 33.9 Å². The van der Waals surface area contributed by atoms with Gasteiger partial charge in [-0.05, 0) is 12.1 Å². The number of aryl methyl sites for hydroxylation is 1. The minimum absolute atomic E-state index is 0.0341. The van der Waals surface area contributed by atoms with Gasteiger partial charge >= 0.3 is 5.97 Å². The highest BCUT2D eigenvalue weighted by Gasteiger charge is 2.13. The first-order chi connectivity index (χ1) is 9.51. The quantitative estimate of drug-likeness (QED) is 0.879. The zero-order valence-electron chi connectivity index (χ0n) is 11.0. The molecule has 0 aliphatic heterocycles. The highest BCUT2D eigenvalue weighted by molar-refractivity contribution is 6.04. The Balaban J connectivity index is 2.22. The molecule has 0 aliphatic rings. The Morgan fingerprint density at radius 3 is 2.70 bits per heavy atom. The van der Waals surface area contributed by atoms with E-state index in [2.05, 4.69) is 10.4 Å². The minimum Gasteiger partial charge on any atom is -0.496 e. The number of nitrogens with zero attached hydrogens (tertiary/aromatic N) is 2. The Labute approximate surface area is 114 Å². The molecule has 1 amide bonds. The molecule has 2 rings (SSSR count). The number of benzene rings is 1. The second-order valence-corrected chi connectivity index (χ2v) is 4.08. The Kier molecular flexibility index (Phi) is 3.69. The van der Waals surface area contributed by atoms with Crippen molar-refractivity contribution < 1.29 is 19.4 Å². The number of rotatable bonds is 4. The van der Waals surface area contributed by atoms with Gasteiger partial charge in [-0.3, -0.25) is 9.48 Å². The van der Waals surface area contributed by atoms with Crippen molar-refractivity contribution in [2.45, 2.75) is 0 Å². The number of aromatic carboxylic acids is 1. The average Bonchev–Trinajstić information content (AvgIpc) is 2.85. The molecule has 0 spiro atoms. The number of aromatic nitrogens is 2. The molecule has 7 nitrogen and oxygen atoms in total. The summed E-state index contributed by atoms with van der Waals surface area (Å²) in [6.45, 7) is 0. The van der Waals surface area contributed by atoms with Gasteiger partial charge in [-0.25, -0.2) is 4.79 Å². The number of ether oxygens (including phenoxy) is 1. The van der Waals surface area contributed by atoms with E-state index in [4.69, 9.17) is 9.84 Å². The predicted molar refractivity (Wildman–Crippen MR) is 71.1 cm³/mol. The molecule has 1 aromatic heterocycles. The van der Waals surface area contributed by atoms with Crippen LogP contribution in [0.5, 0.6) is 5.75 Å². The van der Waals surface area contributed by atoms with Crippen LogP contribution in [0.2, 0.25) is 0 Å².